The standard InChI is InChI=1S/C24H28N2O4/c1-29-19-9-6-17(7-10-19)22-5-3-2-4-14-26(22)24(28)16-30-20-11-12-21-18(15-20)8-13-23(27)25-21/h6-7,9-12,15,22H,2-5,8,13-14,16H2,1H3,(H,25,27)/t22-/m0/s1. The number of benzene rings is 2. The number of anilines is 1. The van der Waals surface area contributed by atoms with Gasteiger partial charge >= 0.3 is 0 Å². The number of nitrogens with zero attached hydrogens (tertiary/aromatic N) is 1. The van der Waals surface area contributed by atoms with E-state index in [0.29, 0.717) is 18.6 Å². The highest BCUT2D eigenvalue weighted by Crippen LogP contribution is 2.32. The molecule has 0 bridgehead atoms. The monoisotopic (exact) mass is 408 g/mol. The van der Waals surface area contributed by atoms with Crippen LogP contribution in [0.15, 0.2) is 42.5 Å². The van der Waals surface area contributed by atoms with Gasteiger partial charge in [-0.25, -0.2) is 0 Å². The molecule has 6 nitrogen and oxygen atoms in total. The van der Waals surface area contributed by atoms with Gasteiger partial charge in [0, 0.05) is 18.7 Å². The molecule has 1 fully saturated rings. The van der Waals surface area contributed by atoms with Crippen molar-refractivity contribution in [2.75, 3.05) is 25.6 Å². The van der Waals surface area contributed by atoms with E-state index in [-0.39, 0.29) is 24.5 Å². The van der Waals surface area contributed by atoms with E-state index in [4.69, 9.17) is 9.47 Å². The summed E-state index contributed by atoms with van der Waals surface area (Å²) < 4.78 is 11.1. The van der Waals surface area contributed by atoms with E-state index in [1.807, 2.05) is 41.3 Å². The number of aryl methyl sites for hydroxylation is 1. The zero-order chi connectivity index (χ0) is 20.9. The first-order chi connectivity index (χ1) is 14.6. The lowest BCUT2D eigenvalue weighted by atomic mass is 10.0. The fraction of sp³-hybridized carbons (Fsp3) is 0.417. The van der Waals surface area contributed by atoms with Crippen LogP contribution in [0.5, 0.6) is 11.5 Å². The molecule has 0 spiro atoms. The van der Waals surface area contributed by atoms with Crippen LogP contribution in [-0.2, 0) is 16.0 Å². The van der Waals surface area contributed by atoms with E-state index in [1.54, 1.807) is 13.2 Å². The number of rotatable bonds is 5. The van der Waals surface area contributed by atoms with Crippen LogP contribution in [-0.4, -0.2) is 37.0 Å². The van der Waals surface area contributed by atoms with Gasteiger partial charge in [0.1, 0.15) is 11.5 Å². The summed E-state index contributed by atoms with van der Waals surface area (Å²) >= 11 is 0. The van der Waals surface area contributed by atoms with Gasteiger partial charge in [0.15, 0.2) is 6.61 Å². The molecule has 1 saturated heterocycles. The van der Waals surface area contributed by atoms with Crippen molar-refractivity contribution < 1.29 is 19.1 Å². The quantitative estimate of drug-likeness (QED) is 0.809. The molecule has 1 atom stereocenters. The molecule has 158 valence electrons. The number of hydrogen-bond donors (Lipinski definition) is 1. The zero-order valence-electron chi connectivity index (χ0n) is 17.4. The Labute approximate surface area is 177 Å². The second-order valence-electron chi connectivity index (χ2n) is 7.88. The number of methoxy groups -OCH3 is 1. The molecule has 2 aliphatic rings. The van der Waals surface area contributed by atoms with Crippen molar-refractivity contribution in [2.24, 2.45) is 0 Å². The summed E-state index contributed by atoms with van der Waals surface area (Å²) in [6.45, 7) is 0.757. The van der Waals surface area contributed by atoms with E-state index in [9.17, 15) is 9.59 Å². The smallest absolute Gasteiger partial charge is 0.261 e. The van der Waals surface area contributed by atoms with Crippen molar-refractivity contribution in [1.29, 1.82) is 0 Å². The van der Waals surface area contributed by atoms with Crippen molar-refractivity contribution in [3.05, 3.63) is 53.6 Å². The van der Waals surface area contributed by atoms with Crippen LogP contribution in [0.1, 0.15) is 49.3 Å². The third-order valence-electron chi connectivity index (χ3n) is 5.91. The minimum Gasteiger partial charge on any atom is -0.497 e. The number of carbonyl (C=O) groups excluding carboxylic acids is 2. The molecule has 0 aromatic heterocycles. The van der Waals surface area contributed by atoms with Crippen molar-refractivity contribution in [1.82, 2.24) is 4.90 Å². The lowest BCUT2D eigenvalue weighted by molar-refractivity contribution is -0.135. The summed E-state index contributed by atoms with van der Waals surface area (Å²) in [7, 11) is 1.66. The molecule has 2 heterocycles. The number of nitrogens with one attached hydrogen (secondary N) is 1. The number of amides is 2. The minimum absolute atomic E-state index is 0.00346. The maximum absolute atomic E-state index is 13.1. The van der Waals surface area contributed by atoms with E-state index in [0.717, 1.165) is 54.8 Å². The lowest BCUT2D eigenvalue weighted by Gasteiger charge is -2.30. The largest absolute Gasteiger partial charge is 0.497 e. The predicted molar refractivity (Wildman–Crippen MR) is 115 cm³/mol. The molecular weight excluding hydrogens is 380 g/mol. The summed E-state index contributed by atoms with van der Waals surface area (Å²) in [5.74, 6) is 1.52. The minimum atomic E-state index is 0.00346. The molecule has 0 aliphatic carbocycles. The number of fused-ring (bicyclic) bond motifs is 1. The lowest BCUT2D eigenvalue weighted by Crippen LogP contribution is -2.38. The first-order valence-corrected chi connectivity index (χ1v) is 10.6. The Balaban J connectivity index is 1.44. The van der Waals surface area contributed by atoms with Crippen LogP contribution in [0.4, 0.5) is 5.69 Å². The highest BCUT2D eigenvalue weighted by atomic mass is 16.5. The Morgan fingerprint density at radius 3 is 2.67 bits per heavy atom. The Morgan fingerprint density at radius 2 is 1.87 bits per heavy atom. The molecule has 0 unspecified atom stereocenters. The maximum Gasteiger partial charge on any atom is 0.261 e. The second-order valence-corrected chi connectivity index (χ2v) is 7.88. The normalized spacial score (nSPS) is 18.8. The third kappa shape index (κ3) is 4.58. The maximum atomic E-state index is 13.1. The van der Waals surface area contributed by atoms with Gasteiger partial charge in [-0.2, -0.15) is 0 Å². The molecule has 0 saturated carbocycles. The van der Waals surface area contributed by atoms with Crippen molar-refractivity contribution in [3.63, 3.8) is 0 Å². The molecular formula is C24H28N2O4. The van der Waals surface area contributed by atoms with Gasteiger partial charge in [0.2, 0.25) is 5.91 Å². The van der Waals surface area contributed by atoms with Crippen LogP contribution in [0, 0.1) is 0 Å². The van der Waals surface area contributed by atoms with Crippen LogP contribution < -0.4 is 14.8 Å². The highest BCUT2D eigenvalue weighted by molar-refractivity contribution is 5.94. The van der Waals surface area contributed by atoms with Gasteiger partial charge < -0.3 is 19.7 Å². The molecule has 0 radical (unpaired) electrons. The predicted octanol–water partition coefficient (Wildman–Crippen LogP) is 4.10. The molecule has 1 N–H and O–H groups in total. The number of carbonyl (C=O) groups is 2. The third-order valence-corrected chi connectivity index (χ3v) is 5.91. The van der Waals surface area contributed by atoms with E-state index < -0.39 is 0 Å². The van der Waals surface area contributed by atoms with Gasteiger partial charge in [-0.05, 0) is 60.7 Å². The summed E-state index contributed by atoms with van der Waals surface area (Å²) in [5.41, 5.74) is 3.01. The molecule has 2 amide bonds. The molecule has 2 aromatic carbocycles. The van der Waals surface area contributed by atoms with Gasteiger partial charge in [0.05, 0.1) is 13.2 Å². The molecule has 6 heteroatoms. The number of hydrogen-bond acceptors (Lipinski definition) is 4. The molecule has 2 aromatic rings. The topological polar surface area (TPSA) is 67.9 Å². The zero-order valence-corrected chi connectivity index (χ0v) is 17.4. The first kappa shape index (κ1) is 20.3. The van der Waals surface area contributed by atoms with Gasteiger partial charge in [-0.3, -0.25) is 9.59 Å². The fourth-order valence-corrected chi connectivity index (χ4v) is 4.26. The Hall–Kier alpha value is -3.02. The van der Waals surface area contributed by atoms with Crippen LogP contribution in [0.3, 0.4) is 0 Å². The number of ether oxygens (including phenoxy) is 2. The highest BCUT2D eigenvalue weighted by Gasteiger charge is 2.27. The van der Waals surface area contributed by atoms with Gasteiger partial charge in [0.25, 0.3) is 5.91 Å². The Morgan fingerprint density at radius 1 is 1.07 bits per heavy atom. The van der Waals surface area contributed by atoms with Crippen LogP contribution in [0.25, 0.3) is 0 Å². The fourth-order valence-electron chi connectivity index (χ4n) is 4.26. The summed E-state index contributed by atoms with van der Waals surface area (Å²) in [5, 5.41) is 2.86. The van der Waals surface area contributed by atoms with Crippen molar-refractivity contribution >= 4 is 17.5 Å². The van der Waals surface area contributed by atoms with Gasteiger partial charge in [-0.15, -0.1) is 0 Å². The van der Waals surface area contributed by atoms with Crippen LogP contribution in [0.2, 0.25) is 0 Å². The Bertz CT molecular complexity index is 910. The van der Waals surface area contributed by atoms with E-state index in [2.05, 4.69) is 5.32 Å². The second kappa shape index (κ2) is 9.20. The average molecular weight is 408 g/mol. The summed E-state index contributed by atoms with van der Waals surface area (Å²) in [4.78, 5) is 26.6. The van der Waals surface area contributed by atoms with Crippen molar-refractivity contribution in [2.45, 2.75) is 44.6 Å². The summed E-state index contributed by atoms with van der Waals surface area (Å²) in [6.07, 6.45) is 5.38. The van der Waals surface area contributed by atoms with E-state index >= 15 is 0 Å². The average Bonchev–Trinajstić information content (AvgIpc) is 3.03. The van der Waals surface area contributed by atoms with E-state index in [1.165, 1.54) is 0 Å². The number of likely N-dealkylation sites (tertiary alicyclic amines) is 1. The molecule has 4 rings (SSSR count). The van der Waals surface area contributed by atoms with Gasteiger partial charge in [-0.1, -0.05) is 25.0 Å². The Kier molecular flexibility index (Phi) is 6.21. The summed E-state index contributed by atoms with van der Waals surface area (Å²) in [6, 6.07) is 13.6. The van der Waals surface area contributed by atoms with Crippen molar-refractivity contribution in [3.8, 4) is 11.5 Å². The van der Waals surface area contributed by atoms with Crippen LogP contribution >= 0.6 is 0 Å². The molecule has 2 aliphatic heterocycles. The SMILES string of the molecule is COc1ccc([C@@H]2CCCCCN2C(=O)COc2ccc3c(c2)CCC(=O)N3)cc1. The molecule has 30 heavy (non-hydrogen) atoms. The first-order valence-electron chi connectivity index (χ1n) is 10.6.